The van der Waals surface area contributed by atoms with E-state index in [1.807, 2.05) is 42.6 Å². The van der Waals surface area contributed by atoms with Gasteiger partial charge in [0.25, 0.3) is 0 Å². The molecule has 0 aromatic heterocycles. The molecule has 158 valence electrons. The van der Waals surface area contributed by atoms with Crippen LogP contribution in [0.15, 0.2) is 125 Å². The number of hydrogen-bond donors (Lipinski definition) is 0. The van der Waals surface area contributed by atoms with Crippen molar-refractivity contribution < 1.29 is 0 Å². The molecule has 4 aromatic carbocycles. The van der Waals surface area contributed by atoms with Gasteiger partial charge >= 0.3 is 0 Å². The summed E-state index contributed by atoms with van der Waals surface area (Å²) in [5.74, 6) is 0. The molecule has 4 rings (SSSR count). The van der Waals surface area contributed by atoms with Gasteiger partial charge in [0.15, 0.2) is 0 Å². The summed E-state index contributed by atoms with van der Waals surface area (Å²) in [4.78, 5) is 2.36. The van der Waals surface area contributed by atoms with Crippen LogP contribution in [0.5, 0.6) is 0 Å². The van der Waals surface area contributed by atoms with Crippen molar-refractivity contribution >= 4 is 17.6 Å². The fourth-order valence-electron chi connectivity index (χ4n) is 3.59. The molecular weight excluding hydrogens is 390 g/mol. The summed E-state index contributed by atoms with van der Waals surface area (Å²) >= 11 is 0. The summed E-state index contributed by atoms with van der Waals surface area (Å²) in [5, 5.41) is 8.97. The minimum absolute atomic E-state index is 0.860. The Kier molecular flexibility index (Phi) is 7.22. The molecule has 0 saturated heterocycles. The molecule has 32 heavy (non-hydrogen) atoms. The molecule has 0 fully saturated rings. The Morgan fingerprint density at radius 3 is 1.75 bits per heavy atom. The van der Waals surface area contributed by atoms with E-state index >= 15 is 0 Å². The summed E-state index contributed by atoms with van der Waals surface area (Å²) in [5.41, 5.74) is 6.49. The van der Waals surface area contributed by atoms with Gasteiger partial charge in [-0.2, -0.15) is 5.10 Å². The Morgan fingerprint density at radius 2 is 1.22 bits per heavy atom. The van der Waals surface area contributed by atoms with Crippen LogP contribution in [0, 0.1) is 0 Å². The van der Waals surface area contributed by atoms with Gasteiger partial charge in [0.05, 0.1) is 6.21 Å². The van der Waals surface area contributed by atoms with Crippen LogP contribution in [0.25, 0.3) is 0 Å². The van der Waals surface area contributed by atoms with E-state index in [1.165, 1.54) is 11.3 Å². The van der Waals surface area contributed by atoms with E-state index in [-0.39, 0.29) is 0 Å². The highest BCUT2D eigenvalue weighted by molar-refractivity contribution is 6.12. The van der Waals surface area contributed by atoms with Gasteiger partial charge in [0, 0.05) is 29.9 Å². The molecule has 0 amide bonds. The third-order valence-electron chi connectivity index (χ3n) is 5.32. The lowest BCUT2D eigenvalue weighted by molar-refractivity contribution is 0.832. The summed E-state index contributed by atoms with van der Waals surface area (Å²) in [7, 11) is 0. The summed E-state index contributed by atoms with van der Waals surface area (Å²) in [6.07, 6.45) is 1.81. The molecule has 0 saturated carbocycles. The van der Waals surface area contributed by atoms with Gasteiger partial charge in [0.2, 0.25) is 0 Å². The molecule has 4 aromatic rings. The topological polar surface area (TPSA) is 28.0 Å². The Morgan fingerprint density at radius 1 is 0.688 bits per heavy atom. The molecule has 3 nitrogen and oxygen atoms in total. The Balaban J connectivity index is 1.51. The van der Waals surface area contributed by atoms with Gasteiger partial charge in [-0.1, -0.05) is 103 Å². The zero-order valence-corrected chi connectivity index (χ0v) is 18.3. The molecule has 0 N–H and O–H groups in total. The molecule has 0 atom stereocenters. The highest BCUT2D eigenvalue weighted by Crippen LogP contribution is 2.18. The lowest BCUT2D eigenvalue weighted by Gasteiger charge is -2.23. The SMILES string of the molecule is CCN(Cc1ccccc1)c1ccc(/C=N/N=C(c2ccccc2)c2ccccc2)cc1. The first-order valence-corrected chi connectivity index (χ1v) is 10.9. The summed E-state index contributed by atoms with van der Waals surface area (Å²) in [6.45, 7) is 4.03. The minimum Gasteiger partial charge on any atom is -0.367 e. The van der Waals surface area contributed by atoms with Crippen LogP contribution in [0.4, 0.5) is 5.69 Å². The van der Waals surface area contributed by atoms with E-state index in [2.05, 4.69) is 101 Å². The highest BCUT2D eigenvalue weighted by atomic mass is 15.2. The zero-order valence-electron chi connectivity index (χ0n) is 18.3. The van der Waals surface area contributed by atoms with Crippen LogP contribution < -0.4 is 4.90 Å². The number of anilines is 1. The van der Waals surface area contributed by atoms with Crippen molar-refractivity contribution in [2.45, 2.75) is 13.5 Å². The van der Waals surface area contributed by atoms with Gasteiger partial charge in [-0.15, -0.1) is 5.10 Å². The average molecular weight is 418 g/mol. The van der Waals surface area contributed by atoms with Crippen molar-refractivity contribution in [1.82, 2.24) is 0 Å². The standard InChI is InChI=1S/C29H27N3/c1-2-32(23-25-12-6-3-7-13-25)28-20-18-24(19-21-28)22-30-31-29(26-14-8-4-9-15-26)27-16-10-5-11-17-27/h3-22H,2,23H2,1H3/b30-22+. The first kappa shape index (κ1) is 21.3. The van der Waals surface area contributed by atoms with E-state index in [0.717, 1.165) is 35.5 Å². The minimum atomic E-state index is 0.860. The lowest BCUT2D eigenvalue weighted by atomic mass is 10.0. The second-order valence-electron chi connectivity index (χ2n) is 7.52. The second kappa shape index (κ2) is 10.9. The fraction of sp³-hybridized carbons (Fsp3) is 0.103. The molecule has 0 aliphatic rings. The molecule has 0 aliphatic heterocycles. The quantitative estimate of drug-likeness (QED) is 0.235. The van der Waals surface area contributed by atoms with Crippen LogP contribution in [0.2, 0.25) is 0 Å². The van der Waals surface area contributed by atoms with Crippen molar-refractivity contribution in [2.75, 3.05) is 11.4 Å². The van der Waals surface area contributed by atoms with E-state index in [4.69, 9.17) is 0 Å². The smallest absolute Gasteiger partial charge is 0.100 e. The summed E-state index contributed by atoms with van der Waals surface area (Å²) in [6, 6.07) is 39.4. The maximum absolute atomic E-state index is 4.56. The van der Waals surface area contributed by atoms with Crippen LogP contribution in [-0.4, -0.2) is 18.5 Å². The predicted molar refractivity (Wildman–Crippen MR) is 136 cm³/mol. The number of rotatable bonds is 8. The third-order valence-corrected chi connectivity index (χ3v) is 5.32. The Labute approximate surface area is 190 Å². The molecule has 3 heteroatoms. The second-order valence-corrected chi connectivity index (χ2v) is 7.52. The van der Waals surface area contributed by atoms with E-state index in [1.54, 1.807) is 0 Å². The van der Waals surface area contributed by atoms with Crippen LogP contribution in [-0.2, 0) is 6.54 Å². The normalized spacial score (nSPS) is 10.8. The van der Waals surface area contributed by atoms with Crippen molar-refractivity contribution in [1.29, 1.82) is 0 Å². The maximum Gasteiger partial charge on any atom is 0.100 e. The molecule has 0 heterocycles. The van der Waals surface area contributed by atoms with Crippen molar-refractivity contribution in [3.8, 4) is 0 Å². The van der Waals surface area contributed by atoms with Crippen molar-refractivity contribution in [3.63, 3.8) is 0 Å². The molecular formula is C29H27N3. The van der Waals surface area contributed by atoms with Gasteiger partial charge in [-0.3, -0.25) is 0 Å². The summed E-state index contributed by atoms with van der Waals surface area (Å²) < 4.78 is 0. The molecule has 0 radical (unpaired) electrons. The number of nitrogens with zero attached hydrogens (tertiary/aromatic N) is 3. The van der Waals surface area contributed by atoms with E-state index < -0.39 is 0 Å². The first-order valence-electron chi connectivity index (χ1n) is 10.9. The van der Waals surface area contributed by atoms with E-state index in [0.29, 0.717) is 0 Å². The highest BCUT2D eigenvalue weighted by Gasteiger charge is 2.07. The van der Waals surface area contributed by atoms with Crippen molar-refractivity contribution in [2.24, 2.45) is 10.2 Å². The van der Waals surface area contributed by atoms with Crippen LogP contribution >= 0.6 is 0 Å². The number of hydrogen-bond acceptors (Lipinski definition) is 3. The fourth-order valence-corrected chi connectivity index (χ4v) is 3.59. The maximum atomic E-state index is 4.56. The number of benzene rings is 4. The molecule has 0 unspecified atom stereocenters. The zero-order chi connectivity index (χ0) is 22.0. The van der Waals surface area contributed by atoms with E-state index in [9.17, 15) is 0 Å². The Bertz CT molecular complexity index is 1110. The monoisotopic (exact) mass is 417 g/mol. The van der Waals surface area contributed by atoms with Gasteiger partial charge in [-0.25, -0.2) is 0 Å². The average Bonchev–Trinajstić information content (AvgIpc) is 2.87. The molecule has 0 bridgehead atoms. The van der Waals surface area contributed by atoms with Crippen LogP contribution in [0.1, 0.15) is 29.2 Å². The largest absolute Gasteiger partial charge is 0.367 e. The van der Waals surface area contributed by atoms with Crippen molar-refractivity contribution in [3.05, 3.63) is 138 Å². The molecule has 0 spiro atoms. The third kappa shape index (κ3) is 5.58. The first-order chi connectivity index (χ1) is 15.8. The van der Waals surface area contributed by atoms with Crippen LogP contribution in [0.3, 0.4) is 0 Å². The van der Waals surface area contributed by atoms with Gasteiger partial charge in [0.1, 0.15) is 5.71 Å². The Hall–Kier alpha value is -3.98. The van der Waals surface area contributed by atoms with Gasteiger partial charge < -0.3 is 4.90 Å². The van der Waals surface area contributed by atoms with Gasteiger partial charge in [-0.05, 0) is 30.2 Å². The lowest BCUT2D eigenvalue weighted by Crippen LogP contribution is -2.21. The predicted octanol–water partition coefficient (Wildman–Crippen LogP) is 6.58. The molecule has 0 aliphatic carbocycles.